The quantitative estimate of drug-likeness (QED) is 0.822. The van der Waals surface area contributed by atoms with E-state index < -0.39 is 6.43 Å². The van der Waals surface area contributed by atoms with Crippen molar-refractivity contribution in [2.24, 2.45) is 0 Å². The lowest BCUT2D eigenvalue weighted by Crippen LogP contribution is -2.29. The lowest BCUT2D eigenvalue weighted by Gasteiger charge is -2.21. The molecular weight excluding hydrogens is 253 g/mol. The molecule has 1 atom stereocenters. The summed E-state index contributed by atoms with van der Waals surface area (Å²) in [6.45, 7) is 2.01. The molecule has 0 aliphatic heterocycles. The highest BCUT2D eigenvalue weighted by Gasteiger charge is 2.13. The summed E-state index contributed by atoms with van der Waals surface area (Å²) >= 11 is 0. The van der Waals surface area contributed by atoms with Crippen molar-refractivity contribution in [1.29, 1.82) is 0 Å². The van der Waals surface area contributed by atoms with E-state index in [4.69, 9.17) is 0 Å². The summed E-state index contributed by atoms with van der Waals surface area (Å²) in [6.07, 6.45) is -1.67. The van der Waals surface area contributed by atoms with Crippen molar-refractivity contribution in [1.82, 2.24) is 10.2 Å². The molecule has 0 saturated heterocycles. The number of nitrogens with zero attached hydrogens (tertiary/aromatic N) is 1. The Hall–Kier alpha value is -1.07. The molecule has 0 aliphatic rings. The summed E-state index contributed by atoms with van der Waals surface area (Å²) < 4.78 is 37.9. The molecular formula is C14H21F3N2. The molecule has 1 aromatic carbocycles. The summed E-state index contributed by atoms with van der Waals surface area (Å²) in [7, 11) is 3.45. The molecule has 5 heteroatoms. The number of halogens is 3. The van der Waals surface area contributed by atoms with Crippen LogP contribution in [-0.2, 0) is 0 Å². The van der Waals surface area contributed by atoms with Gasteiger partial charge in [-0.05, 0) is 51.2 Å². The summed E-state index contributed by atoms with van der Waals surface area (Å²) in [6, 6.07) is 5.07. The van der Waals surface area contributed by atoms with E-state index in [1.807, 2.05) is 6.07 Å². The normalized spacial score (nSPS) is 13.3. The molecule has 0 aromatic heterocycles. The molecule has 0 spiro atoms. The molecule has 1 rings (SSSR count). The minimum absolute atomic E-state index is 0.0322. The molecule has 0 bridgehead atoms. The van der Waals surface area contributed by atoms with Crippen LogP contribution < -0.4 is 5.32 Å². The number of hydrogen-bond donors (Lipinski definition) is 1. The second-order valence-corrected chi connectivity index (χ2v) is 4.79. The molecule has 108 valence electrons. The Kier molecular flexibility index (Phi) is 6.31. The van der Waals surface area contributed by atoms with Crippen LogP contribution in [0.5, 0.6) is 0 Å². The summed E-state index contributed by atoms with van der Waals surface area (Å²) in [5.74, 6) is -0.237. The van der Waals surface area contributed by atoms with Crippen LogP contribution >= 0.6 is 0 Å². The Morgan fingerprint density at radius 2 is 2.00 bits per heavy atom. The molecule has 0 fully saturated rings. The molecule has 0 radical (unpaired) electrons. The monoisotopic (exact) mass is 274 g/mol. The first-order valence-corrected chi connectivity index (χ1v) is 6.34. The van der Waals surface area contributed by atoms with Gasteiger partial charge >= 0.3 is 0 Å². The van der Waals surface area contributed by atoms with Gasteiger partial charge in [-0.3, -0.25) is 0 Å². The Morgan fingerprint density at radius 3 is 2.53 bits per heavy atom. The first kappa shape index (κ1) is 16.0. The molecule has 1 aromatic rings. The van der Waals surface area contributed by atoms with E-state index in [0.717, 1.165) is 5.56 Å². The van der Waals surface area contributed by atoms with Crippen molar-refractivity contribution in [3.05, 3.63) is 35.1 Å². The fraction of sp³-hybridized carbons (Fsp3) is 0.571. The van der Waals surface area contributed by atoms with Crippen molar-refractivity contribution in [3.63, 3.8) is 0 Å². The minimum atomic E-state index is -2.32. The Bertz CT molecular complexity index is 396. The smallest absolute Gasteiger partial charge is 0.251 e. The van der Waals surface area contributed by atoms with Gasteiger partial charge in [0.1, 0.15) is 5.82 Å². The van der Waals surface area contributed by atoms with Gasteiger partial charge in [-0.25, -0.2) is 13.2 Å². The van der Waals surface area contributed by atoms with Crippen molar-refractivity contribution in [2.75, 3.05) is 27.2 Å². The van der Waals surface area contributed by atoms with Crippen LogP contribution in [-0.4, -0.2) is 38.5 Å². The zero-order valence-corrected chi connectivity index (χ0v) is 11.6. The van der Waals surface area contributed by atoms with Gasteiger partial charge in [0.05, 0.1) is 6.54 Å². The van der Waals surface area contributed by atoms with Gasteiger partial charge in [-0.2, -0.15) is 0 Å². The Morgan fingerprint density at radius 1 is 1.32 bits per heavy atom. The number of rotatable bonds is 7. The van der Waals surface area contributed by atoms with Gasteiger partial charge in [0.15, 0.2) is 0 Å². The minimum Gasteiger partial charge on any atom is -0.313 e. The molecule has 0 amide bonds. The number of hydrogen-bond acceptors (Lipinski definition) is 2. The lowest BCUT2D eigenvalue weighted by atomic mass is 10.0. The van der Waals surface area contributed by atoms with Gasteiger partial charge < -0.3 is 10.2 Å². The fourth-order valence-electron chi connectivity index (χ4n) is 1.98. The summed E-state index contributed by atoms with van der Waals surface area (Å²) in [4.78, 5) is 1.58. The highest BCUT2D eigenvalue weighted by molar-refractivity contribution is 5.25. The average Bonchev–Trinajstić information content (AvgIpc) is 2.33. The Balaban J connectivity index is 2.60. The topological polar surface area (TPSA) is 15.3 Å². The predicted molar refractivity (Wildman–Crippen MR) is 71.1 cm³/mol. The van der Waals surface area contributed by atoms with E-state index in [0.29, 0.717) is 18.5 Å². The summed E-state index contributed by atoms with van der Waals surface area (Å²) in [5, 5.41) is 3.09. The lowest BCUT2D eigenvalue weighted by molar-refractivity contribution is 0.0986. The second kappa shape index (κ2) is 7.50. The van der Waals surface area contributed by atoms with E-state index >= 15 is 0 Å². The summed E-state index contributed by atoms with van der Waals surface area (Å²) in [5.41, 5.74) is 1.45. The van der Waals surface area contributed by atoms with E-state index in [-0.39, 0.29) is 18.4 Å². The molecule has 1 N–H and O–H groups in total. The molecule has 0 saturated carbocycles. The largest absolute Gasteiger partial charge is 0.313 e. The third-order valence-corrected chi connectivity index (χ3v) is 3.20. The first-order valence-electron chi connectivity index (χ1n) is 6.34. The molecule has 19 heavy (non-hydrogen) atoms. The van der Waals surface area contributed by atoms with Gasteiger partial charge in [0.2, 0.25) is 0 Å². The van der Waals surface area contributed by atoms with Crippen LogP contribution in [0.4, 0.5) is 13.2 Å². The van der Waals surface area contributed by atoms with Gasteiger partial charge in [0.25, 0.3) is 6.43 Å². The van der Waals surface area contributed by atoms with Gasteiger partial charge in [-0.15, -0.1) is 0 Å². The maximum atomic E-state index is 13.5. The first-order chi connectivity index (χ1) is 8.93. The average molecular weight is 274 g/mol. The molecule has 1 unspecified atom stereocenters. The van der Waals surface area contributed by atoms with Crippen LogP contribution in [0, 0.1) is 12.7 Å². The van der Waals surface area contributed by atoms with Crippen molar-refractivity contribution < 1.29 is 13.2 Å². The van der Waals surface area contributed by atoms with E-state index in [2.05, 4.69) is 5.32 Å². The number of aryl methyl sites for hydroxylation is 1. The van der Waals surface area contributed by atoms with E-state index in [1.165, 1.54) is 6.07 Å². The highest BCUT2D eigenvalue weighted by atomic mass is 19.3. The highest BCUT2D eigenvalue weighted by Crippen LogP contribution is 2.19. The predicted octanol–water partition coefficient (Wildman–Crippen LogP) is 2.98. The van der Waals surface area contributed by atoms with Crippen LogP contribution in [0.25, 0.3) is 0 Å². The zero-order chi connectivity index (χ0) is 14.4. The maximum Gasteiger partial charge on any atom is 0.251 e. The second-order valence-electron chi connectivity index (χ2n) is 4.79. The van der Waals surface area contributed by atoms with Gasteiger partial charge in [-0.1, -0.05) is 12.1 Å². The Labute approximate surface area is 112 Å². The standard InChI is InChI=1S/C14H21F3N2/c1-10-4-5-11(8-12(10)15)13(18-2)6-7-19(3)9-14(16)17/h4-5,8,13-14,18H,6-7,9H2,1-3H3. The van der Waals surface area contributed by atoms with Crippen LogP contribution in [0.15, 0.2) is 18.2 Å². The molecule has 0 aliphatic carbocycles. The van der Waals surface area contributed by atoms with E-state index in [1.54, 1.807) is 32.0 Å². The maximum absolute atomic E-state index is 13.5. The number of benzene rings is 1. The number of nitrogens with one attached hydrogen (secondary N) is 1. The van der Waals surface area contributed by atoms with Crippen LogP contribution in [0.3, 0.4) is 0 Å². The van der Waals surface area contributed by atoms with Crippen LogP contribution in [0.1, 0.15) is 23.6 Å². The van der Waals surface area contributed by atoms with E-state index in [9.17, 15) is 13.2 Å². The van der Waals surface area contributed by atoms with Crippen LogP contribution in [0.2, 0.25) is 0 Å². The third kappa shape index (κ3) is 5.20. The van der Waals surface area contributed by atoms with Crippen molar-refractivity contribution in [2.45, 2.75) is 25.8 Å². The third-order valence-electron chi connectivity index (χ3n) is 3.20. The van der Waals surface area contributed by atoms with Crippen molar-refractivity contribution >= 4 is 0 Å². The number of alkyl halides is 2. The van der Waals surface area contributed by atoms with Crippen molar-refractivity contribution in [3.8, 4) is 0 Å². The molecule has 2 nitrogen and oxygen atoms in total. The van der Waals surface area contributed by atoms with Gasteiger partial charge in [0, 0.05) is 6.04 Å². The zero-order valence-electron chi connectivity index (χ0n) is 11.6. The SMILES string of the molecule is CNC(CCN(C)CC(F)F)c1ccc(C)c(F)c1. The fourth-order valence-corrected chi connectivity index (χ4v) is 1.98. The molecule has 0 heterocycles.